The van der Waals surface area contributed by atoms with E-state index in [2.05, 4.69) is 77.7 Å². The predicted molar refractivity (Wildman–Crippen MR) is 105 cm³/mol. The zero-order chi connectivity index (χ0) is 16.7. The molecule has 0 aliphatic carbocycles. The molecule has 6 nitrogen and oxygen atoms in total. The molecule has 2 heterocycles. The van der Waals surface area contributed by atoms with E-state index in [9.17, 15) is 0 Å². The van der Waals surface area contributed by atoms with Crippen LogP contribution in [0.3, 0.4) is 0 Å². The zero-order valence-corrected chi connectivity index (χ0v) is 16.1. The van der Waals surface area contributed by atoms with Gasteiger partial charge in [-0.05, 0) is 39.8 Å². The zero-order valence-electron chi connectivity index (χ0n) is 13.0. The summed E-state index contributed by atoms with van der Waals surface area (Å²) in [5.74, 6) is 0. The van der Waals surface area contributed by atoms with Gasteiger partial charge in [0.05, 0.1) is 18.6 Å². The number of hydrogen-bond acceptors (Lipinski definition) is 6. The molecule has 0 atom stereocenters. The average Bonchev–Trinajstić information content (AvgIpc) is 2.68. The van der Waals surface area contributed by atoms with Crippen LogP contribution in [0.15, 0.2) is 54.9 Å². The van der Waals surface area contributed by atoms with Crippen LogP contribution in [-0.2, 0) is 0 Å². The van der Waals surface area contributed by atoms with E-state index in [1.807, 2.05) is 18.2 Å². The van der Waals surface area contributed by atoms with Crippen molar-refractivity contribution >= 4 is 46.0 Å². The molecule has 0 spiro atoms. The van der Waals surface area contributed by atoms with Crippen molar-refractivity contribution in [2.45, 2.75) is 12.8 Å². The average molecular weight is 455 g/mol. The summed E-state index contributed by atoms with van der Waals surface area (Å²) in [5, 5.41) is 25.5. The molecule has 0 unspecified atom stereocenters. The molecule has 0 fully saturated rings. The standard InChI is InChI=1S/C16H17IN6P/c17-10-4-5-13-24(14-6-2-1-3-7-14,15-8-11-18-22-20-15)16-9-12-19-23-21-16/h1-3,6-9,11-12H,4-5,10,13H2/q+1/i17+4. The second-order valence-corrected chi connectivity index (χ2v) is 9.80. The number of benzene rings is 1. The molecule has 0 bridgehead atoms. The van der Waals surface area contributed by atoms with Crippen molar-refractivity contribution in [3.63, 3.8) is 0 Å². The molecule has 0 saturated heterocycles. The molecule has 3 aromatic rings. The molecule has 0 saturated carbocycles. The van der Waals surface area contributed by atoms with E-state index in [1.54, 1.807) is 12.4 Å². The Morgan fingerprint density at radius 2 is 1.42 bits per heavy atom. The Bertz CT molecular complexity index is 648. The second kappa shape index (κ2) is 8.48. The van der Waals surface area contributed by atoms with Gasteiger partial charge < -0.3 is 0 Å². The van der Waals surface area contributed by atoms with E-state index in [0.29, 0.717) is 0 Å². The number of rotatable bonds is 7. The molecular weight excluding hydrogens is 438 g/mol. The maximum atomic E-state index is 4.38. The highest BCUT2D eigenvalue weighted by molar-refractivity contribution is 14.1. The Morgan fingerprint density at radius 3 is 1.92 bits per heavy atom. The Kier molecular flexibility index (Phi) is 6.09. The third-order valence-corrected chi connectivity index (χ3v) is 8.81. The molecule has 0 amide bonds. The highest BCUT2D eigenvalue weighted by Crippen LogP contribution is 2.54. The van der Waals surface area contributed by atoms with Crippen molar-refractivity contribution in [1.29, 1.82) is 0 Å². The normalized spacial score (nSPS) is 11.4. The van der Waals surface area contributed by atoms with Gasteiger partial charge in [0.15, 0.2) is 7.26 Å². The topological polar surface area (TPSA) is 77.3 Å². The summed E-state index contributed by atoms with van der Waals surface area (Å²) >= 11 is 2.42. The summed E-state index contributed by atoms with van der Waals surface area (Å²) in [6.07, 6.45) is 6.64. The highest BCUT2D eigenvalue weighted by atomic mass is 131. The number of alkyl halides is 1. The maximum absolute atomic E-state index is 4.38. The summed E-state index contributed by atoms with van der Waals surface area (Å²) in [7, 11) is -2.01. The van der Waals surface area contributed by atoms with Crippen molar-refractivity contribution in [1.82, 2.24) is 30.8 Å². The van der Waals surface area contributed by atoms with Crippen molar-refractivity contribution in [3.8, 4) is 0 Å². The van der Waals surface area contributed by atoms with Gasteiger partial charge in [-0.3, -0.25) is 0 Å². The predicted octanol–water partition coefficient (Wildman–Crippen LogP) is 1.57. The molecule has 8 heteroatoms. The largest absolute Gasteiger partial charge is 0.217 e. The van der Waals surface area contributed by atoms with Crippen molar-refractivity contribution in [2.24, 2.45) is 0 Å². The summed E-state index contributed by atoms with van der Waals surface area (Å²) in [5.41, 5.74) is 1.88. The van der Waals surface area contributed by atoms with Crippen LogP contribution in [0.25, 0.3) is 0 Å². The summed E-state index contributed by atoms with van der Waals surface area (Å²) in [4.78, 5) is 0. The van der Waals surface area contributed by atoms with Crippen LogP contribution in [0.1, 0.15) is 12.8 Å². The molecule has 2 aromatic heterocycles. The van der Waals surface area contributed by atoms with Gasteiger partial charge in [0.1, 0.15) is 5.30 Å². The lowest BCUT2D eigenvalue weighted by Gasteiger charge is -2.23. The third kappa shape index (κ3) is 3.57. The fourth-order valence-corrected chi connectivity index (χ4v) is 7.17. The van der Waals surface area contributed by atoms with Crippen molar-refractivity contribution < 1.29 is 0 Å². The van der Waals surface area contributed by atoms with Crippen LogP contribution < -0.4 is 16.2 Å². The lowest BCUT2D eigenvalue weighted by Crippen LogP contribution is -2.37. The van der Waals surface area contributed by atoms with Gasteiger partial charge >= 0.3 is 0 Å². The number of hydrogen-bond donors (Lipinski definition) is 0. The Labute approximate surface area is 155 Å². The SMILES string of the molecule is [131I]CCCC[P+](c1ccccc1)(c1ccnnn1)c1ccnnn1. The maximum Gasteiger partial charge on any atom is 0.217 e. The smallest absolute Gasteiger partial charge is 0.138 e. The third-order valence-electron chi connectivity index (χ3n) is 3.83. The molecule has 0 radical (unpaired) electrons. The van der Waals surface area contributed by atoms with Gasteiger partial charge in [0, 0.05) is 12.1 Å². The van der Waals surface area contributed by atoms with Crippen LogP contribution >= 0.6 is 29.9 Å². The molecule has 0 aliphatic heterocycles. The van der Waals surface area contributed by atoms with Crippen molar-refractivity contribution in [2.75, 3.05) is 10.6 Å². The van der Waals surface area contributed by atoms with E-state index in [1.165, 1.54) is 5.30 Å². The first-order valence-electron chi connectivity index (χ1n) is 7.67. The van der Waals surface area contributed by atoms with Crippen LogP contribution in [0.4, 0.5) is 0 Å². The lowest BCUT2D eigenvalue weighted by atomic mass is 10.4. The molecular formula is C16H17IN6P+. The van der Waals surface area contributed by atoms with Crippen LogP contribution in [0, 0.1) is 0 Å². The van der Waals surface area contributed by atoms with Gasteiger partial charge in [0.25, 0.3) is 0 Å². The second-order valence-electron chi connectivity index (χ2n) is 5.22. The highest BCUT2D eigenvalue weighted by Gasteiger charge is 2.48. The molecule has 1 aromatic carbocycles. The van der Waals surface area contributed by atoms with E-state index < -0.39 is 7.26 Å². The van der Waals surface area contributed by atoms with E-state index in [-0.39, 0.29) is 0 Å². The first kappa shape index (κ1) is 17.2. The summed E-state index contributed by atoms with van der Waals surface area (Å²) in [6, 6.07) is 14.4. The lowest BCUT2D eigenvalue weighted by molar-refractivity contribution is 0.870. The van der Waals surface area contributed by atoms with Crippen LogP contribution in [-0.4, -0.2) is 41.4 Å². The van der Waals surface area contributed by atoms with Gasteiger partial charge in [-0.25, -0.2) is 0 Å². The van der Waals surface area contributed by atoms with Gasteiger partial charge in [-0.15, -0.1) is 10.2 Å². The minimum Gasteiger partial charge on any atom is -0.138 e. The van der Waals surface area contributed by atoms with Gasteiger partial charge in [-0.1, -0.05) is 51.0 Å². The van der Waals surface area contributed by atoms with Crippen LogP contribution in [0.2, 0.25) is 0 Å². The van der Waals surface area contributed by atoms with Gasteiger partial charge in [-0.2, -0.15) is 0 Å². The quantitative estimate of drug-likeness (QED) is 0.233. The minimum absolute atomic E-state index is 0.942. The minimum atomic E-state index is -2.01. The number of aromatic nitrogens is 6. The Hall–Kier alpha value is -1.60. The van der Waals surface area contributed by atoms with E-state index >= 15 is 0 Å². The molecule has 122 valence electrons. The summed E-state index contributed by atoms with van der Waals surface area (Å²) < 4.78 is 1.14. The van der Waals surface area contributed by atoms with Crippen molar-refractivity contribution in [3.05, 3.63) is 54.9 Å². The first-order chi connectivity index (χ1) is 11.9. The monoisotopic (exact) mass is 455 g/mol. The molecule has 0 N–H and O–H groups in total. The fourth-order valence-electron chi connectivity index (χ4n) is 2.74. The number of unbranched alkanes of at least 4 members (excludes halogenated alkanes) is 1. The molecule has 3 rings (SSSR count). The molecule has 0 aliphatic rings. The van der Waals surface area contributed by atoms with E-state index in [0.717, 1.165) is 34.3 Å². The fraction of sp³-hybridized carbons (Fsp3) is 0.250. The van der Waals surface area contributed by atoms with Crippen LogP contribution in [0.5, 0.6) is 0 Å². The first-order valence-corrected chi connectivity index (χ1v) is 11.2. The van der Waals surface area contributed by atoms with Gasteiger partial charge in [0.2, 0.25) is 10.9 Å². The summed E-state index contributed by atoms with van der Waals surface area (Å²) in [6.45, 7) is 0. The Morgan fingerprint density at radius 1 is 0.792 bits per heavy atom. The van der Waals surface area contributed by atoms with E-state index in [4.69, 9.17) is 0 Å². The Balaban J connectivity index is 2.20. The number of halogens is 1. The number of nitrogens with zero attached hydrogens (tertiary/aromatic N) is 6. The molecule has 24 heavy (non-hydrogen) atoms.